The van der Waals surface area contributed by atoms with Crippen LogP contribution in [0.5, 0.6) is 0 Å². The summed E-state index contributed by atoms with van der Waals surface area (Å²) >= 11 is 0. The summed E-state index contributed by atoms with van der Waals surface area (Å²) in [5.41, 5.74) is 0.939. The Morgan fingerprint density at radius 1 is 1.27 bits per heavy atom. The zero-order valence-electron chi connectivity index (χ0n) is 12.5. The number of aliphatic carboxylic acids is 1. The van der Waals surface area contributed by atoms with Crippen LogP contribution in [-0.2, 0) is 16.1 Å². The van der Waals surface area contributed by atoms with Gasteiger partial charge in [0.05, 0.1) is 5.92 Å². The topological polar surface area (TPSA) is 66.8 Å². The lowest BCUT2D eigenvalue weighted by Gasteiger charge is -2.50. The lowest BCUT2D eigenvalue weighted by molar-refractivity contribution is -0.147. The van der Waals surface area contributed by atoms with E-state index in [4.69, 9.17) is 4.74 Å². The molecule has 1 unspecified atom stereocenters. The molecule has 1 aliphatic heterocycles. The molecule has 0 radical (unpaired) electrons. The Balaban J connectivity index is 1.62. The summed E-state index contributed by atoms with van der Waals surface area (Å²) in [6.07, 6.45) is 3.43. The Morgan fingerprint density at radius 2 is 2.00 bits per heavy atom. The molecule has 1 spiro atoms. The Kier molecular flexibility index (Phi) is 4.05. The summed E-state index contributed by atoms with van der Waals surface area (Å²) < 4.78 is 5.35. The van der Waals surface area contributed by atoms with E-state index < -0.39 is 18.0 Å². The van der Waals surface area contributed by atoms with Crippen molar-refractivity contribution >= 4 is 12.1 Å². The maximum Gasteiger partial charge on any atom is 0.410 e. The predicted octanol–water partition coefficient (Wildman–Crippen LogP) is 2.90. The fourth-order valence-corrected chi connectivity index (χ4v) is 3.54. The molecule has 118 valence electrons. The van der Waals surface area contributed by atoms with Crippen LogP contribution in [-0.4, -0.2) is 35.2 Å². The lowest BCUT2D eigenvalue weighted by Crippen LogP contribution is -2.54. The predicted molar refractivity (Wildman–Crippen MR) is 80.2 cm³/mol. The quantitative estimate of drug-likeness (QED) is 0.932. The molecular weight excluding hydrogens is 282 g/mol. The zero-order chi connectivity index (χ0) is 15.6. The number of hydrogen-bond donors (Lipinski definition) is 1. The van der Waals surface area contributed by atoms with E-state index in [0.717, 1.165) is 24.8 Å². The molecule has 0 aromatic heterocycles. The molecule has 1 aromatic carbocycles. The number of carboxylic acid groups (broad SMARTS) is 1. The van der Waals surface area contributed by atoms with Crippen LogP contribution < -0.4 is 0 Å². The van der Waals surface area contributed by atoms with E-state index in [1.165, 1.54) is 0 Å². The second kappa shape index (κ2) is 5.99. The second-order valence-electron chi connectivity index (χ2n) is 6.51. The van der Waals surface area contributed by atoms with Gasteiger partial charge < -0.3 is 14.7 Å². The molecule has 1 heterocycles. The number of hydrogen-bond acceptors (Lipinski definition) is 3. The molecule has 1 saturated carbocycles. The highest BCUT2D eigenvalue weighted by Crippen LogP contribution is 2.49. The van der Waals surface area contributed by atoms with Gasteiger partial charge in [0.25, 0.3) is 0 Å². The summed E-state index contributed by atoms with van der Waals surface area (Å²) in [6.45, 7) is 1.11. The number of likely N-dealkylation sites (tertiary alicyclic amines) is 1. The Hall–Kier alpha value is -2.04. The van der Waals surface area contributed by atoms with E-state index >= 15 is 0 Å². The third-order valence-corrected chi connectivity index (χ3v) is 4.87. The van der Waals surface area contributed by atoms with Crippen LogP contribution in [0.1, 0.15) is 31.2 Å². The van der Waals surface area contributed by atoms with Gasteiger partial charge in [-0.2, -0.15) is 0 Å². The minimum atomic E-state index is -0.813. The van der Waals surface area contributed by atoms with E-state index in [9.17, 15) is 14.7 Å². The van der Waals surface area contributed by atoms with Crippen molar-refractivity contribution in [2.45, 2.75) is 32.3 Å². The number of benzene rings is 1. The minimum Gasteiger partial charge on any atom is -0.481 e. The molecule has 1 amide bonds. The third-order valence-electron chi connectivity index (χ3n) is 4.87. The van der Waals surface area contributed by atoms with Gasteiger partial charge in [-0.05, 0) is 30.2 Å². The average Bonchev–Trinajstić information content (AvgIpc) is 2.51. The van der Waals surface area contributed by atoms with Crippen molar-refractivity contribution in [2.24, 2.45) is 11.3 Å². The number of rotatable bonds is 3. The summed E-state index contributed by atoms with van der Waals surface area (Å²) in [5.74, 6) is -1.29. The molecule has 5 nitrogen and oxygen atoms in total. The number of amides is 1. The molecule has 1 N–H and O–H groups in total. The monoisotopic (exact) mass is 303 g/mol. The van der Waals surface area contributed by atoms with Crippen LogP contribution in [0.15, 0.2) is 30.3 Å². The normalized spacial score (nSPS) is 22.9. The van der Waals surface area contributed by atoms with Crippen molar-refractivity contribution in [3.05, 3.63) is 35.9 Å². The molecule has 1 aromatic rings. The first-order chi connectivity index (χ1) is 10.6. The van der Waals surface area contributed by atoms with Crippen molar-refractivity contribution in [3.8, 4) is 0 Å². The molecule has 5 heteroatoms. The van der Waals surface area contributed by atoms with Crippen molar-refractivity contribution in [2.75, 3.05) is 13.1 Å². The second-order valence-corrected chi connectivity index (χ2v) is 6.51. The van der Waals surface area contributed by atoms with Gasteiger partial charge in [0, 0.05) is 13.1 Å². The summed E-state index contributed by atoms with van der Waals surface area (Å²) in [5, 5.41) is 9.32. The molecule has 0 bridgehead atoms. The van der Waals surface area contributed by atoms with Gasteiger partial charge >= 0.3 is 12.1 Å². The first-order valence-electron chi connectivity index (χ1n) is 7.76. The van der Waals surface area contributed by atoms with E-state index in [1.807, 2.05) is 30.3 Å². The molecule has 22 heavy (non-hydrogen) atoms. The number of nitrogens with zero attached hydrogens (tertiary/aromatic N) is 1. The van der Waals surface area contributed by atoms with Crippen molar-refractivity contribution in [3.63, 3.8) is 0 Å². The van der Waals surface area contributed by atoms with E-state index in [2.05, 4.69) is 0 Å². The highest BCUT2D eigenvalue weighted by atomic mass is 16.6. The van der Waals surface area contributed by atoms with Gasteiger partial charge in [-0.25, -0.2) is 4.79 Å². The van der Waals surface area contributed by atoms with E-state index in [0.29, 0.717) is 13.0 Å². The third kappa shape index (κ3) is 3.08. The fraction of sp³-hybridized carbons (Fsp3) is 0.529. The number of piperidine rings is 1. The Bertz CT molecular complexity index is 553. The number of carbonyl (C=O) groups excluding carboxylic acids is 1. The summed E-state index contributed by atoms with van der Waals surface area (Å²) in [7, 11) is 0. The molecular formula is C17H21NO4. The van der Waals surface area contributed by atoms with Crippen molar-refractivity contribution in [1.82, 2.24) is 4.90 Å². The molecule has 3 rings (SSSR count). The van der Waals surface area contributed by atoms with E-state index in [1.54, 1.807) is 4.90 Å². The minimum absolute atomic E-state index is 0.00702. The van der Waals surface area contributed by atoms with Gasteiger partial charge in [0.2, 0.25) is 0 Å². The van der Waals surface area contributed by atoms with Gasteiger partial charge in [-0.3, -0.25) is 4.79 Å². The highest BCUT2D eigenvalue weighted by molar-refractivity contribution is 5.73. The summed E-state index contributed by atoms with van der Waals surface area (Å²) in [6, 6.07) is 9.50. The average molecular weight is 303 g/mol. The number of ether oxygens (including phenoxy) is 1. The van der Waals surface area contributed by atoms with E-state index in [-0.39, 0.29) is 18.6 Å². The van der Waals surface area contributed by atoms with Crippen LogP contribution in [0.25, 0.3) is 0 Å². The first kappa shape index (κ1) is 14.9. The highest BCUT2D eigenvalue weighted by Gasteiger charge is 2.47. The maximum absolute atomic E-state index is 12.3. The van der Waals surface area contributed by atoms with Crippen molar-refractivity contribution < 1.29 is 19.4 Å². The largest absolute Gasteiger partial charge is 0.481 e. The lowest BCUT2D eigenvalue weighted by atomic mass is 9.62. The molecule has 2 fully saturated rings. The zero-order valence-corrected chi connectivity index (χ0v) is 12.5. The maximum atomic E-state index is 12.3. The van der Waals surface area contributed by atoms with Crippen LogP contribution in [0.2, 0.25) is 0 Å². The van der Waals surface area contributed by atoms with Crippen LogP contribution >= 0.6 is 0 Å². The van der Waals surface area contributed by atoms with Gasteiger partial charge in [0.1, 0.15) is 6.61 Å². The number of carbonyl (C=O) groups is 2. The summed E-state index contributed by atoms with van der Waals surface area (Å²) in [4.78, 5) is 25.2. The molecule has 1 aliphatic carbocycles. The Labute approximate surface area is 129 Å². The standard InChI is InChI=1S/C17H21NO4/c19-15(20)14-9-17(7-4-8-17)12-18(10-14)16(21)22-11-13-5-2-1-3-6-13/h1-3,5-6,14H,4,7-12H2,(H,19,20). The van der Waals surface area contributed by atoms with Crippen LogP contribution in [0.3, 0.4) is 0 Å². The molecule has 2 aliphatic rings. The molecule has 1 saturated heterocycles. The Morgan fingerprint density at radius 3 is 2.59 bits per heavy atom. The van der Waals surface area contributed by atoms with Crippen LogP contribution in [0, 0.1) is 11.3 Å². The first-order valence-corrected chi connectivity index (χ1v) is 7.76. The van der Waals surface area contributed by atoms with Crippen molar-refractivity contribution in [1.29, 1.82) is 0 Å². The molecule has 1 atom stereocenters. The van der Waals surface area contributed by atoms with Gasteiger partial charge in [-0.1, -0.05) is 36.8 Å². The smallest absolute Gasteiger partial charge is 0.410 e. The fourth-order valence-electron chi connectivity index (χ4n) is 3.54. The van der Waals surface area contributed by atoms with Gasteiger partial charge in [-0.15, -0.1) is 0 Å². The SMILES string of the molecule is O=C(O)C1CN(C(=O)OCc2ccccc2)CC2(CCC2)C1. The van der Waals surface area contributed by atoms with Gasteiger partial charge in [0.15, 0.2) is 0 Å². The van der Waals surface area contributed by atoms with Crippen LogP contribution in [0.4, 0.5) is 4.79 Å². The number of carboxylic acids is 1.